The predicted octanol–water partition coefficient (Wildman–Crippen LogP) is 4.31. The number of carbonyl (C=O) groups is 1. The third kappa shape index (κ3) is 5.89. The fraction of sp³-hybridized carbons (Fsp3) is 0.438. The van der Waals surface area contributed by atoms with Crippen molar-refractivity contribution in [1.29, 1.82) is 0 Å². The number of anilines is 2. The van der Waals surface area contributed by atoms with Crippen LogP contribution >= 0.6 is 0 Å². The van der Waals surface area contributed by atoms with Crippen LogP contribution in [0.25, 0.3) is 16.9 Å². The van der Waals surface area contributed by atoms with Gasteiger partial charge in [-0.05, 0) is 49.9 Å². The zero-order chi connectivity index (χ0) is 30.9. The number of rotatable bonds is 7. The van der Waals surface area contributed by atoms with Crippen molar-refractivity contribution in [2.45, 2.75) is 44.3 Å². The molecule has 1 amide bonds. The number of imidazole rings is 1. The molecule has 2 fully saturated rings. The second-order valence-electron chi connectivity index (χ2n) is 11.5. The van der Waals surface area contributed by atoms with E-state index in [1.807, 2.05) is 23.1 Å². The molecule has 13 heteroatoms. The van der Waals surface area contributed by atoms with Crippen LogP contribution in [-0.2, 0) is 9.53 Å². The summed E-state index contributed by atoms with van der Waals surface area (Å²) in [6.07, 6.45) is -1.05. The summed E-state index contributed by atoms with van der Waals surface area (Å²) in [7, 11) is 0. The number of halogens is 2. The smallest absolute Gasteiger partial charge is 0.296 e. The van der Waals surface area contributed by atoms with E-state index in [4.69, 9.17) is 19.2 Å². The Morgan fingerprint density at radius 3 is 2.53 bits per heavy atom. The maximum absolute atomic E-state index is 14.2. The summed E-state index contributed by atoms with van der Waals surface area (Å²) in [5.74, 6) is 0.891. The second-order valence-corrected chi connectivity index (χ2v) is 11.5. The summed E-state index contributed by atoms with van der Waals surface area (Å²) >= 11 is 0. The van der Waals surface area contributed by atoms with Crippen LogP contribution in [0, 0.1) is 5.92 Å². The SMILES string of the molecule is O=C([C@H]1CC[C@H](Oc2cc(-n3c(C(F)F)nc4ccccc43)nc(N3CCOCC3)n2)CC1)N1CC(CO)Oc2ccccc21. The molecule has 2 aromatic heterocycles. The van der Waals surface area contributed by atoms with E-state index in [1.54, 1.807) is 41.3 Å². The summed E-state index contributed by atoms with van der Waals surface area (Å²) in [6.45, 7) is 2.24. The van der Waals surface area contributed by atoms with Crippen LogP contribution in [0.5, 0.6) is 11.6 Å². The van der Waals surface area contributed by atoms with Crippen LogP contribution in [0.2, 0.25) is 0 Å². The molecule has 0 spiro atoms. The van der Waals surface area contributed by atoms with Crippen LogP contribution < -0.4 is 19.3 Å². The lowest BCUT2D eigenvalue weighted by Crippen LogP contribution is -2.48. The molecular weight excluding hydrogens is 586 g/mol. The minimum Gasteiger partial charge on any atom is -0.484 e. The molecule has 45 heavy (non-hydrogen) atoms. The van der Waals surface area contributed by atoms with Crippen LogP contribution in [0.15, 0.2) is 54.6 Å². The Balaban J connectivity index is 1.12. The molecule has 1 saturated carbocycles. The third-order valence-corrected chi connectivity index (χ3v) is 8.60. The summed E-state index contributed by atoms with van der Waals surface area (Å²) in [5, 5.41) is 9.74. The Morgan fingerprint density at radius 1 is 1.00 bits per heavy atom. The number of hydrogen-bond donors (Lipinski definition) is 1. The highest BCUT2D eigenvalue weighted by Gasteiger charge is 2.36. The molecule has 1 saturated heterocycles. The molecule has 1 N–H and O–H groups in total. The van der Waals surface area contributed by atoms with Crippen molar-refractivity contribution in [2.24, 2.45) is 5.92 Å². The number of para-hydroxylation sites is 4. The van der Waals surface area contributed by atoms with E-state index >= 15 is 0 Å². The first kappa shape index (κ1) is 29.4. The van der Waals surface area contributed by atoms with E-state index in [1.165, 1.54) is 4.57 Å². The number of aliphatic hydroxyl groups excluding tert-OH is 1. The highest BCUT2D eigenvalue weighted by molar-refractivity contribution is 5.97. The molecule has 2 aromatic carbocycles. The van der Waals surface area contributed by atoms with Gasteiger partial charge in [0, 0.05) is 25.1 Å². The molecule has 4 heterocycles. The Labute approximate surface area is 258 Å². The van der Waals surface area contributed by atoms with Crippen molar-refractivity contribution < 1.29 is 32.9 Å². The van der Waals surface area contributed by atoms with Crippen LogP contribution in [0.3, 0.4) is 0 Å². The number of morpholine rings is 1. The second kappa shape index (κ2) is 12.6. The number of aliphatic hydroxyl groups is 1. The molecule has 11 nitrogen and oxygen atoms in total. The largest absolute Gasteiger partial charge is 0.484 e. The van der Waals surface area contributed by atoms with Gasteiger partial charge in [0.25, 0.3) is 6.43 Å². The first-order valence-electron chi connectivity index (χ1n) is 15.3. The molecule has 236 valence electrons. The van der Waals surface area contributed by atoms with Crippen molar-refractivity contribution in [3.8, 4) is 17.4 Å². The highest BCUT2D eigenvalue weighted by Crippen LogP contribution is 2.37. The van der Waals surface area contributed by atoms with Gasteiger partial charge in [0.05, 0.1) is 43.1 Å². The first-order chi connectivity index (χ1) is 22.0. The number of aromatic nitrogens is 4. The molecule has 7 rings (SSSR count). The molecule has 0 radical (unpaired) electrons. The molecule has 1 aliphatic carbocycles. The van der Waals surface area contributed by atoms with Gasteiger partial charge in [0.2, 0.25) is 17.7 Å². The molecule has 2 aliphatic heterocycles. The Hall–Kier alpha value is -4.36. The summed E-state index contributed by atoms with van der Waals surface area (Å²) < 4.78 is 47.5. The van der Waals surface area contributed by atoms with Gasteiger partial charge in [0.15, 0.2) is 5.82 Å². The lowest BCUT2D eigenvalue weighted by atomic mass is 9.86. The number of amides is 1. The fourth-order valence-electron chi connectivity index (χ4n) is 6.33. The molecule has 3 aliphatic rings. The zero-order valence-corrected chi connectivity index (χ0v) is 24.6. The third-order valence-electron chi connectivity index (χ3n) is 8.60. The standard InChI is InChI=1S/C32H34F2N6O5/c33-29(34)30-35-23-5-1-2-6-24(23)40(30)27-17-28(37-32(36-27)38-13-15-43-16-14-38)45-21-11-9-20(10-12-21)31(42)39-18-22(19-41)44-26-8-4-3-7-25(26)39/h1-8,17,20-22,29,41H,9-16,18-19H2/t20-,21-,22?. The zero-order valence-electron chi connectivity index (χ0n) is 24.6. The van der Waals surface area contributed by atoms with Crippen molar-refractivity contribution in [3.05, 3.63) is 60.4 Å². The van der Waals surface area contributed by atoms with E-state index < -0.39 is 18.4 Å². The van der Waals surface area contributed by atoms with Crippen LogP contribution in [0.4, 0.5) is 20.4 Å². The van der Waals surface area contributed by atoms with Gasteiger partial charge in [-0.1, -0.05) is 24.3 Å². The number of nitrogens with zero attached hydrogens (tertiary/aromatic N) is 6. The van der Waals surface area contributed by atoms with Crippen molar-refractivity contribution in [3.63, 3.8) is 0 Å². The molecule has 1 atom stereocenters. The van der Waals surface area contributed by atoms with Crippen molar-refractivity contribution >= 4 is 28.6 Å². The Bertz CT molecular complexity index is 1670. The van der Waals surface area contributed by atoms with Crippen LogP contribution in [0.1, 0.15) is 37.9 Å². The number of fused-ring (bicyclic) bond motifs is 2. The molecular formula is C32H34F2N6O5. The summed E-state index contributed by atoms with van der Waals surface area (Å²) in [4.78, 5) is 30.9. The maximum Gasteiger partial charge on any atom is 0.296 e. The average molecular weight is 621 g/mol. The van der Waals surface area contributed by atoms with E-state index in [2.05, 4.69) is 9.97 Å². The minimum absolute atomic E-state index is 0.00749. The predicted molar refractivity (Wildman–Crippen MR) is 161 cm³/mol. The van der Waals surface area contributed by atoms with Gasteiger partial charge in [-0.2, -0.15) is 9.97 Å². The van der Waals surface area contributed by atoms with E-state index in [0.717, 1.165) is 0 Å². The lowest BCUT2D eigenvalue weighted by Gasteiger charge is -2.37. The van der Waals surface area contributed by atoms with E-state index in [0.29, 0.717) is 86.9 Å². The average Bonchev–Trinajstić information content (AvgIpc) is 3.48. The number of alkyl halides is 2. The highest BCUT2D eigenvalue weighted by atomic mass is 19.3. The van der Waals surface area contributed by atoms with Crippen molar-refractivity contribution in [1.82, 2.24) is 19.5 Å². The molecule has 1 unspecified atom stereocenters. The van der Waals surface area contributed by atoms with Gasteiger partial charge in [-0.3, -0.25) is 9.36 Å². The van der Waals surface area contributed by atoms with Crippen molar-refractivity contribution in [2.75, 3.05) is 49.3 Å². The lowest BCUT2D eigenvalue weighted by molar-refractivity contribution is -0.124. The number of carbonyl (C=O) groups excluding carboxylic acids is 1. The summed E-state index contributed by atoms with van der Waals surface area (Å²) in [6, 6.07) is 15.9. The monoisotopic (exact) mass is 620 g/mol. The molecule has 0 bridgehead atoms. The van der Waals surface area contributed by atoms with Gasteiger partial charge in [-0.25, -0.2) is 13.8 Å². The van der Waals surface area contributed by atoms with Crippen LogP contribution in [-0.4, -0.2) is 82.2 Å². The van der Waals surface area contributed by atoms with Gasteiger partial charge >= 0.3 is 0 Å². The number of hydrogen-bond acceptors (Lipinski definition) is 9. The maximum atomic E-state index is 14.2. The van der Waals surface area contributed by atoms with E-state index in [9.17, 15) is 18.7 Å². The first-order valence-corrected chi connectivity index (χ1v) is 15.3. The quantitative estimate of drug-likeness (QED) is 0.323. The fourth-order valence-corrected chi connectivity index (χ4v) is 6.33. The molecule has 4 aromatic rings. The van der Waals surface area contributed by atoms with Gasteiger partial charge in [-0.15, -0.1) is 0 Å². The topological polar surface area (TPSA) is 115 Å². The number of benzene rings is 2. The Kier molecular flexibility index (Phi) is 8.19. The minimum atomic E-state index is -2.82. The number of ether oxygens (including phenoxy) is 3. The normalized spacial score (nSPS) is 21.9. The van der Waals surface area contributed by atoms with Gasteiger partial charge < -0.3 is 29.1 Å². The Morgan fingerprint density at radius 2 is 1.76 bits per heavy atom. The summed E-state index contributed by atoms with van der Waals surface area (Å²) in [5.41, 5.74) is 1.67. The van der Waals surface area contributed by atoms with E-state index in [-0.39, 0.29) is 36.2 Å². The van der Waals surface area contributed by atoms with Gasteiger partial charge in [0.1, 0.15) is 23.8 Å².